The molecule has 0 saturated heterocycles. The topological polar surface area (TPSA) is 13.1 Å². The van der Waals surface area contributed by atoms with Crippen LogP contribution < -0.4 is 0 Å². The quantitative estimate of drug-likeness (QED) is 0.177. The van der Waals surface area contributed by atoms with Gasteiger partial charge >= 0.3 is 0 Å². The molecule has 1 aliphatic rings. The number of furan rings is 1. The van der Waals surface area contributed by atoms with Gasteiger partial charge in [-0.2, -0.15) is 0 Å². The molecule has 1 aromatic heterocycles. The summed E-state index contributed by atoms with van der Waals surface area (Å²) in [6.07, 6.45) is 0. The van der Waals surface area contributed by atoms with Crippen LogP contribution in [0.3, 0.4) is 0 Å². The van der Waals surface area contributed by atoms with Crippen LogP contribution in [0.25, 0.3) is 87.6 Å². The second-order valence-electron chi connectivity index (χ2n) is 15.2. The normalized spacial score (nSPS) is 13.1. The van der Waals surface area contributed by atoms with Crippen molar-refractivity contribution in [2.24, 2.45) is 0 Å². The van der Waals surface area contributed by atoms with Crippen LogP contribution in [0.5, 0.6) is 0 Å². The Morgan fingerprint density at radius 2 is 0.893 bits per heavy atom. The lowest BCUT2D eigenvalue weighted by Crippen LogP contribution is -2.28. The van der Waals surface area contributed by atoms with Gasteiger partial charge in [-0.05, 0) is 124 Å². The van der Waals surface area contributed by atoms with Crippen molar-refractivity contribution in [3.63, 3.8) is 0 Å². The van der Waals surface area contributed by atoms with Gasteiger partial charge in [0.1, 0.15) is 11.2 Å². The van der Waals surface area contributed by atoms with E-state index in [0.717, 1.165) is 21.9 Å². The monoisotopic (exact) mass is 710 g/mol. The van der Waals surface area contributed by atoms with Crippen LogP contribution in [0.2, 0.25) is 0 Å². The first-order chi connectivity index (χ1) is 27.8. The van der Waals surface area contributed by atoms with E-state index < -0.39 is 5.41 Å². The van der Waals surface area contributed by atoms with Gasteiger partial charge in [0.15, 0.2) is 0 Å². The van der Waals surface area contributed by atoms with E-state index in [1.165, 1.54) is 88.0 Å². The van der Waals surface area contributed by atoms with Gasteiger partial charge < -0.3 is 4.42 Å². The zero-order valence-corrected chi connectivity index (χ0v) is 30.5. The predicted molar refractivity (Wildman–Crippen MR) is 234 cm³/mol. The molecule has 12 rings (SSSR count). The van der Waals surface area contributed by atoms with Crippen molar-refractivity contribution in [2.75, 3.05) is 0 Å². The molecule has 0 fully saturated rings. The molecule has 0 atom stereocenters. The summed E-state index contributed by atoms with van der Waals surface area (Å²) in [6, 6.07) is 76.1. The molecule has 11 aromatic rings. The molecule has 0 spiro atoms. The summed E-state index contributed by atoms with van der Waals surface area (Å²) in [6.45, 7) is 0. The van der Waals surface area contributed by atoms with Gasteiger partial charge in [-0.3, -0.25) is 0 Å². The zero-order valence-electron chi connectivity index (χ0n) is 30.5. The van der Waals surface area contributed by atoms with Crippen molar-refractivity contribution < 1.29 is 4.42 Å². The van der Waals surface area contributed by atoms with Crippen LogP contribution in [0.15, 0.2) is 211 Å². The Morgan fingerprint density at radius 1 is 0.304 bits per heavy atom. The van der Waals surface area contributed by atoms with E-state index in [2.05, 4.69) is 206 Å². The Balaban J connectivity index is 1.17. The highest BCUT2D eigenvalue weighted by Gasteiger charge is 2.46. The molecular formula is C55H34O. The first-order valence-corrected chi connectivity index (χ1v) is 19.4. The van der Waals surface area contributed by atoms with Crippen LogP contribution in [0.1, 0.15) is 22.3 Å². The van der Waals surface area contributed by atoms with Crippen LogP contribution >= 0.6 is 0 Å². The number of rotatable bonds is 4. The molecule has 10 aromatic carbocycles. The molecule has 0 bridgehead atoms. The first kappa shape index (κ1) is 31.2. The fourth-order valence-corrected chi connectivity index (χ4v) is 9.87. The van der Waals surface area contributed by atoms with Crippen molar-refractivity contribution in [1.82, 2.24) is 0 Å². The highest BCUT2D eigenvalue weighted by atomic mass is 16.3. The highest BCUT2D eigenvalue weighted by molar-refractivity contribution is 6.16. The van der Waals surface area contributed by atoms with Gasteiger partial charge in [0, 0.05) is 10.8 Å². The molecule has 0 radical (unpaired) electrons. The zero-order chi connectivity index (χ0) is 36.8. The van der Waals surface area contributed by atoms with Crippen molar-refractivity contribution in [2.45, 2.75) is 5.41 Å². The average molecular weight is 711 g/mol. The maximum absolute atomic E-state index is 6.56. The van der Waals surface area contributed by atoms with Gasteiger partial charge in [-0.25, -0.2) is 0 Å². The minimum Gasteiger partial charge on any atom is -0.456 e. The molecule has 1 heterocycles. The van der Waals surface area contributed by atoms with Crippen molar-refractivity contribution >= 4 is 54.3 Å². The van der Waals surface area contributed by atoms with Crippen molar-refractivity contribution in [3.8, 4) is 33.4 Å². The van der Waals surface area contributed by atoms with Crippen LogP contribution in [-0.4, -0.2) is 0 Å². The summed E-state index contributed by atoms with van der Waals surface area (Å²) >= 11 is 0. The molecule has 0 unspecified atom stereocenters. The van der Waals surface area contributed by atoms with E-state index >= 15 is 0 Å². The van der Waals surface area contributed by atoms with Gasteiger partial charge in [0.05, 0.1) is 5.41 Å². The lowest BCUT2D eigenvalue weighted by Gasteiger charge is -2.34. The molecule has 0 amide bonds. The summed E-state index contributed by atoms with van der Waals surface area (Å²) in [7, 11) is 0. The Hall–Kier alpha value is -7.22. The van der Waals surface area contributed by atoms with E-state index in [1.807, 2.05) is 0 Å². The highest BCUT2D eigenvalue weighted by Crippen LogP contribution is 2.58. The van der Waals surface area contributed by atoms with Crippen molar-refractivity contribution in [3.05, 3.63) is 229 Å². The summed E-state index contributed by atoms with van der Waals surface area (Å²) in [5.41, 5.74) is 13.8. The number of fused-ring (bicyclic) bond motifs is 9. The van der Waals surface area contributed by atoms with Crippen molar-refractivity contribution in [1.29, 1.82) is 0 Å². The largest absolute Gasteiger partial charge is 0.456 e. The minimum absolute atomic E-state index is 0.564. The van der Waals surface area contributed by atoms with E-state index in [9.17, 15) is 0 Å². The Bertz CT molecular complexity index is 3310. The lowest BCUT2D eigenvalue weighted by molar-refractivity contribution is 0.669. The number of hydrogen-bond acceptors (Lipinski definition) is 1. The second kappa shape index (κ2) is 11.9. The standard InChI is InChI=1S/C55H34O/c1-3-19-40(20-4-1)55(41-21-5-2-6-22-41)50-32-39(43-24-13-27-52-54(43)49-30-36-15-7-8-16-37(36)33-53(49)56-52)28-29-46(50)48-31-38-18-12-26-45(47(38)34-51(48)55)44-25-11-17-35-14-9-10-23-42(35)44/h1-34H. The third-order valence-electron chi connectivity index (χ3n) is 12.3. The van der Waals surface area contributed by atoms with Gasteiger partial charge in [-0.1, -0.05) is 170 Å². The molecule has 0 saturated carbocycles. The van der Waals surface area contributed by atoms with Crippen LogP contribution in [-0.2, 0) is 5.41 Å². The maximum atomic E-state index is 6.56. The van der Waals surface area contributed by atoms with Gasteiger partial charge in [0.2, 0.25) is 0 Å². The van der Waals surface area contributed by atoms with E-state index in [-0.39, 0.29) is 0 Å². The lowest BCUT2D eigenvalue weighted by atomic mass is 9.67. The summed E-state index contributed by atoms with van der Waals surface area (Å²) < 4.78 is 6.56. The Labute approximate surface area is 324 Å². The predicted octanol–water partition coefficient (Wildman–Crippen LogP) is 14.7. The second-order valence-corrected chi connectivity index (χ2v) is 15.2. The van der Waals surface area contributed by atoms with Crippen LogP contribution in [0.4, 0.5) is 0 Å². The third-order valence-corrected chi connectivity index (χ3v) is 12.3. The fraction of sp³-hybridized carbons (Fsp3) is 0.0182. The van der Waals surface area contributed by atoms with E-state index in [1.54, 1.807) is 0 Å². The molecule has 260 valence electrons. The average Bonchev–Trinajstić information content (AvgIpc) is 3.77. The molecule has 1 heteroatoms. The number of hydrogen-bond donors (Lipinski definition) is 0. The number of benzene rings is 10. The summed E-state index contributed by atoms with van der Waals surface area (Å²) in [5, 5.41) is 9.70. The molecule has 56 heavy (non-hydrogen) atoms. The minimum atomic E-state index is -0.564. The molecule has 1 nitrogen and oxygen atoms in total. The third kappa shape index (κ3) is 4.37. The smallest absolute Gasteiger partial charge is 0.136 e. The molecule has 0 aliphatic heterocycles. The van der Waals surface area contributed by atoms with E-state index in [4.69, 9.17) is 4.42 Å². The fourth-order valence-electron chi connectivity index (χ4n) is 9.87. The van der Waals surface area contributed by atoms with E-state index in [0.29, 0.717) is 0 Å². The SMILES string of the molecule is c1ccc(C2(c3ccccc3)c3cc(-c4cccc5oc6cc7ccccc7cc6c45)ccc3-c3cc4cccc(-c5cccc6ccccc56)c4cc32)cc1. The maximum Gasteiger partial charge on any atom is 0.136 e. The Morgan fingerprint density at radius 3 is 1.66 bits per heavy atom. The van der Waals surface area contributed by atoms with Crippen LogP contribution in [0, 0.1) is 0 Å². The molecule has 0 N–H and O–H groups in total. The molecular weight excluding hydrogens is 677 g/mol. The summed E-state index contributed by atoms with van der Waals surface area (Å²) in [5.74, 6) is 0. The summed E-state index contributed by atoms with van der Waals surface area (Å²) in [4.78, 5) is 0. The molecule has 1 aliphatic carbocycles. The first-order valence-electron chi connectivity index (χ1n) is 19.4. The van der Waals surface area contributed by atoms with Gasteiger partial charge in [-0.15, -0.1) is 0 Å². The Kier molecular flexibility index (Phi) is 6.62. The van der Waals surface area contributed by atoms with Gasteiger partial charge in [0.25, 0.3) is 0 Å².